The highest BCUT2D eigenvalue weighted by atomic mass is 35.5. The number of halogens is 1. The van der Waals surface area contributed by atoms with Crippen molar-refractivity contribution in [2.75, 3.05) is 5.75 Å². The van der Waals surface area contributed by atoms with Crippen LogP contribution in [0.2, 0.25) is 5.02 Å². The number of hydrogen-bond acceptors (Lipinski definition) is 5. The second-order valence-corrected chi connectivity index (χ2v) is 8.98. The average Bonchev–Trinajstić information content (AvgIpc) is 3.15. The maximum atomic E-state index is 12.8. The quantitative estimate of drug-likeness (QED) is 0.460. The zero-order valence-corrected chi connectivity index (χ0v) is 19.8. The molecular weight excluding hydrogens is 446 g/mol. The Morgan fingerprint density at radius 2 is 1.75 bits per heavy atom. The van der Waals surface area contributed by atoms with Gasteiger partial charge >= 0.3 is 0 Å². The van der Waals surface area contributed by atoms with E-state index in [1.165, 1.54) is 11.8 Å². The van der Waals surface area contributed by atoms with Crippen LogP contribution in [-0.4, -0.2) is 32.3 Å². The first-order chi connectivity index (χ1) is 15.4. The molecule has 1 heterocycles. The normalized spacial score (nSPS) is 11.9. The van der Waals surface area contributed by atoms with Crippen LogP contribution in [0.15, 0.2) is 59.8 Å². The third-order valence-electron chi connectivity index (χ3n) is 4.88. The molecule has 32 heavy (non-hydrogen) atoms. The van der Waals surface area contributed by atoms with E-state index in [2.05, 4.69) is 20.8 Å². The first kappa shape index (κ1) is 23.8. The maximum Gasteiger partial charge on any atom is 0.253 e. The Balaban J connectivity index is 1.62. The minimum absolute atomic E-state index is 0.0661. The second-order valence-electron chi connectivity index (χ2n) is 7.63. The average molecular weight is 472 g/mol. The van der Waals surface area contributed by atoms with Crippen LogP contribution in [0.5, 0.6) is 0 Å². The molecule has 0 saturated heterocycles. The second kappa shape index (κ2) is 11.2. The highest BCUT2D eigenvalue weighted by Gasteiger charge is 2.26. The van der Waals surface area contributed by atoms with Crippen LogP contribution in [0.1, 0.15) is 41.6 Å². The summed E-state index contributed by atoms with van der Waals surface area (Å²) in [6.45, 7) is 4.47. The lowest BCUT2D eigenvalue weighted by molar-refractivity contribution is -0.118. The van der Waals surface area contributed by atoms with Crippen LogP contribution in [0, 0.1) is 5.92 Å². The molecule has 9 heteroatoms. The Kier molecular flexibility index (Phi) is 8.30. The fourth-order valence-corrected chi connectivity index (χ4v) is 4.06. The smallest absolute Gasteiger partial charge is 0.253 e. The zero-order valence-electron chi connectivity index (χ0n) is 18.2. The summed E-state index contributed by atoms with van der Waals surface area (Å²) in [5.74, 6) is 0.545. The third kappa shape index (κ3) is 6.11. The lowest BCUT2D eigenvalue weighted by Gasteiger charge is -2.22. The molecule has 1 atom stereocenters. The van der Waals surface area contributed by atoms with E-state index >= 15 is 0 Å². The summed E-state index contributed by atoms with van der Waals surface area (Å²) in [6, 6.07) is 16.3. The molecule has 2 N–H and O–H groups in total. The molecule has 0 spiro atoms. The molecule has 2 amide bonds. The summed E-state index contributed by atoms with van der Waals surface area (Å²) in [6.07, 6.45) is 0. The van der Waals surface area contributed by atoms with Crippen molar-refractivity contribution in [3.05, 3.63) is 76.6 Å². The fraction of sp³-hybridized carbons (Fsp3) is 0.304. The van der Waals surface area contributed by atoms with Crippen molar-refractivity contribution in [2.24, 2.45) is 13.0 Å². The van der Waals surface area contributed by atoms with Crippen molar-refractivity contribution in [2.45, 2.75) is 31.6 Å². The largest absolute Gasteiger partial charge is 0.351 e. The van der Waals surface area contributed by atoms with Gasteiger partial charge in [0.25, 0.3) is 5.91 Å². The summed E-state index contributed by atoms with van der Waals surface area (Å²) < 4.78 is 1.81. The van der Waals surface area contributed by atoms with E-state index in [4.69, 9.17) is 11.6 Å². The number of hydrogen-bond donors (Lipinski definition) is 2. The molecular formula is C23H26ClN5O2S. The van der Waals surface area contributed by atoms with Gasteiger partial charge in [-0.15, -0.1) is 10.2 Å². The van der Waals surface area contributed by atoms with E-state index in [0.29, 0.717) is 28.1 Å². The van der Waals surface area contributed by atoms with Crippen LogP contribution < -0.4 is 10.6 Å². The van der Waals surface area contributed by atoms with Gasteiger partial charge in [-0.25, -0.2) is 0 Å². The lowest BCUT2D eigenvalue weighted by atomic mass is 10.0. The van der Waals surface area contributed by atoms with Gasteiger partial charge in [-0.1, -0.05) is 79.7 Å². The monoisotopic (exact) mass is 471 g/mol. The molecule has 0 unspecified atom stereocenters. The van der Waals surface area contributed by atoms with Gasteiger partial charge < -0.3 is 15.2 Å². The summed E-state index contributed by atoms with van der Waals surface area (Å²) in [7, 11) is 1.83. The van der Waals surface area contributed by atoms with Gasteiger partial charge in [-0.05, 0) is 23.6 Å². The number of carbonyl (C=O) groups is 2. The first-order valence-electron chi connectivity index (χ1n) is 10.2. The van der Waals surface area contributed by atoms with E-state index in [1.54, 1.807) is 24.3 Å². The summed E-state index contributed by atoms with van der Waals surface area (Å²) >= 11 is 7.47. The van der Waals surface area contributed by atoms with Crippen molar-refractivity contribution in [3.8, 4) is 0 Å². The number of aromatic nitrogens is 3. The van der Waals surface area contributed by atoms with Gasteiger partial charge in [-0.3, -0.25) is 9.59 Å². The zero-order chi connectivity index (χ0) is 23.1. The molecule has 0 radical (unpaired) electrons. The van der Waals surface area contributed by atoms with Crippen LogP contribution in [0.3, 0.4) is 0 Å². The van der Waals surface area contributed by atoms with Crippen molar-refractivity contribution in [1.29, 1.82) is 0 Å². The van der Waals surface area contributed by atoms with Crippen LogP contribution in [-0.2, 0) is 18.4 Å². The van der Waals surface area contributed by atoms with Crippen molar-refractivity contribution in [1.82, 2.24) is 25.4 Å². The summed E-state index contributed by atoms with van der Waals surface area (Å²) in [4.78, 5) is 25.0. The van der Waals surface area contributed by atoms with E-state index in [0.717, 1.165) is 5.56 Å². The van der Waals surface area contributed by atoms with Crippen molar-refractivity contribution >= 4 is 35.2 Å². The molecule has 0 aliphatic carbocycles. The Morgan fingerprint density at radius 1 is 1.06 bits per heavy atom. The fourth-order valence-electron chi connectivity index (χ4n) is 3.09. The van der Waals surface area contributed by atoms with Gasteiger partial charge in [0.05, 0.1) is 22.4 Å². The topological polar surface area (TPSA) is 88.9 Å². The predicted octanol–water partition coefficient (Wildman–Crippen LogP) is 4.00. The molecule has 0 fully saturated rings. The number of benzene rings is 2. The van der Waals surface area contributed by atoms with E-state index in [1.807, 2.05) is 55.8 Å². The highest BCUT2D eigenvalue weighted by Crippen LogP contribution is 2.25. The Hall–Kier alpha value is -2.84. The number of carbonyl (C=O) groups excluding carboxylic acids is 2. The Bertz CT molecular complexity index is 1070. The molecule has 0 aliphatic heterocycles. The Morgan fingerprint density at radius 3 is 2.44 bits per heavy atom. The molecule has 7 nitrogen and oxygen atoms in total. The minimum Gasteiger partial charge on any atom is -0.351 e. The predicted molar refractivity (Wildman–Crippen MR) is 127 cm³/mol. The Labute approximate surface area is 197 Å². The molecule has 3 rings (SSSR count). The van der Waals surface area contributed by atoms with Gasteiger partial charge in [0.2, 0.25) is 5.91 Å². The molecule has 168 valence electrons. The van der Waals surface area contributed by atoms with E-state index < -0.39 is 0 Å². The van der Waals surface area contributed by atoms with E-state index in [9.17, 15) is 9.59 Å². The maximum absolute atomic E-state index is 12.8. The lowest BCUT2D eigenvalue weighted by Crippen LogP contribution is -2.33. The van der Waals surface area contributed by atoms with Gasteiger partial charge in [0, 0.05) is 13.6 Å². The molecule has 2 aromatic carbocycles. The van der Waals surface area contributed by atoms with Gasteiger partial charge in [0.15, 0.2) is 11.0 Å². The first-order valence-corrected chi connectivity index (χ1v) is 11.6. The molecule has 0 bridgehead atoms. The number of nitrogens with zero attached hydrogens (tertiary/aromatic N) is 3. The summed E-state index contributed by atoms with van der Waals surface area (Å²) in [5.41, 5.74) is 1.45. The van der Waals surface area contributed by atoms with Crippen LogP contribution in [0.4, 0.5) is 0 Å². The number of nitrogens with one attached hydrogen (secondary N) is 2. The molecule has 0 aliphatic rings. The molecule has 3 aromatic rings. The number of thioether (sulfide) groups is 1. The van der Waals surface area contributed by atoms with Crippen LogP contribution >= 0.6 is 23.4 Å². The van der Waals surface area contributed by atoms with Crippen LogP contribution in [0.25, 0.3) is 0 Å². The summed E-state index contributed by atoms with van der Waals surface area (Å²) in [5, 5.41) is 15.4. The third-order valence-corrected chi connectivity index (χ3v) is 6.23. The number of amides is 2. The number of rotatable bonds is 9. The van der Waals surface area contributed by atoms with Gasteiger partial charge in [0.1, 0.15) is 0 Å². The minimum atomic E-state index is -0.363. The highest BCUT2D eigenvalue weighted by molar-refractivity contribution is 7.99. The standard InChI is InChI=1S/C23H26ClN5O2S/c1-15(2)20(26-22(31)17-11-7-8-12-18(17)24)21-27-28-23(29(21)3)32-14-19(30)25-13-16-9-5-4-6-10-16/h4-12,15,20H,13-14H2,1-3H3,(H,25,30)(H,26,31)/t20-/m0/s1. The van der Waals surface area contributed by atoms with E-state index in [-0.39, 0.29) is 29.5 Å². The van der Waals surface area contributed by atoms with Crippen molar-refractivity contribution < 1.29 is 9.59 Å². The molecule has 1 aromatic heterocycles. The van der Waals surface area contributed by atoms with Crippen molar-refractivity contribution in [3.63, 3.8) is 0 Å². The SMILES string of the molecule is CC(C)[C@H](NC(=O)c1ccccc1Cl)c1nnc(SCC(=O)NCc2ccccc2)n1C. The molecule has 0 saturated carbocycles. The van der Waals surface area contributed by atoms with Gasteiger partial charge in [-0.2, -0.15) is 0 Å².